The summed E-state index contributed by atoms with van der Waals surface area (Å²) in [5, 5.41) is 6.31. The lowest BCUT2D eigenvalue weighted by molar-refractivity contribution is 0.407. The topological polar surface area (TPSA) is 61.4 Å². The summed E-state index contributed by atoms with van der Waals surface area (Å²) in [4.78, 5) is 18.7. The molecule has 37 heavy (non-hydrogen) atoms. The molecule has 5 aromatic rings. The van der Waals surface area contributed by atoms with Crippen LogP contribution >= 0.6 is 0 Å². The fraction of sp³-hybridized carbons (Fsp3) is 0.194. The normalized spacial score (nSPS) is 11.7. The zero-order valence-electron chi connectivity index (χ0n) is 21.6. The van der Waals surface area contributed by atoms with Gasteiger partial charge in [-0.2, -0.15) is 9.78 Å². The molecular formula is C31H30N4O2. The Kier molecular flexibility index (Phi) is 6.49. The maximum absolute atomic E-state index is 13.7. The van der Waals surface area contributed by atoms with Crippen molar-refractivity contribution in [2.24, 2.45) is 5.10 Å². The van der Waals surface area contributed by atoms with Gasteiger partial charge >= 0.3 is 0 Å². The third kappa shape index (κ3) is 4.35. The van der Waals surface area contributed by atoms with E-state index in [2.05, 4.69) is 43.2 Å². The molecule has 0 saturated carbocycles. The molecule has 3 aromatic carbocycles. The van der Waals surface area contributed by atoms with E-state index in [-0.39, 0.29) is 11.5 Å². The van der Waals surface area contributed by atoms with E-state index in [0.29, 0.717) is 23.3 Å². The van der Waals surface area contributed by atoms with Gasteiger partial charge in [0.2, 0.25) is 0 Å². The van der Waals surface area contributed by atoms with Gasteiger partial charge in [-0.3, -0.25) is 4.79 Å². The van der Waals surface area contributed by atoms with Crippen LogP contribution in [0.25, 0.3) is 33.2 Å². The first-order valence-electron chi connectivity index (χ1n) is 12.4. The van der Waals surface area contributed by atoms with Crippen molar-refractivity contribution < 1.29 is 4.74 Å². The van der Waals surface area contributed by atoms with Gasteiger partial charge in [-0.05, 0) is 54.3 Å². The van der Waals surface area contributed by atoms with Crippen LogP contribution in [-0.2, 0) is 6.54 Å². The number of allylic oxidation sites excluding steroid dienone is 1. The quantitative estimate of drug-likeness (QED) is 0.193. The number of rotatable bonds is 7. The summed E-state index contributed by atoms with van der Waals surface area (Å²) in [6.45, 7) is 10.8. The van der Waals surface area contributed by atoms with Gasteiger partial charge in [-0.25, -0.2) is 4.98 Å². The Balaban J connectivity index is 1.76. The smallest absolute Gasteiger partial charge is 0.282 e. The van der Waals surface area contributed by atoms with Gasteiger partial charge in [0.25, 0.3) is 5.56 Å². The van der Waals surface area contributed by atoms with E-state index in [1.165, 1.54) is 4.68 Å². The first kappa shape index (κ1) is 24.3. The minimum absolute atomic E-state index is 0.215. The number of methoxy groups -OCH3 is 1. The van der Waals surface area contributed by atoms with E-state index in [9.17, 15) is 4.79 Å². The van der Waals surface area contributed by atoms with E-state index in [4.69, 9.17) is 14.8 Å². The number of aryl methyl sites for hydroxylation is 1. The summed E-state index contributed by atoms with van der Waals surface area (Å²) >= 11 is 0. The van der Waals surface area contributed by atoms with Crippen LogP contribution in [0.1, 0.15) is 36.5 Å². The number of benzene rings is 3. The monoisotopic (exact) mass is 490 g/mol. The molecular weight excluding hydrogens is 460 g/mol. The summed E-state index contributed by atoms with van der Waals surface area (Å²) in [6.07, 6.45) is 5.64. The van der Waals surface area contributed by atoms with Crippen LogP contribution in [-0.4, -0.2) is 27.6 Å². The highest BCUT2D eigenvalue weighted by atomic mass is 16.5. The van der Waals surface area contributed by atoms with Gasteiger partial charge in [-0.15, -0.1) is 6.58 Å². The van der Waals surface area contributed by atoms with Crippen molar-refractivity contribution in [3.05, 3.63) is 107 Å². The summed E-state index contributed by atoms with van der Waals surface area (Å²) in [7, 11) is 1.68. The lowest BCUT2D eigenvalue weighted by Crippen LogP contribution is -2.20. The van der Waals surface area contributed by atoms with E-state index >= 15 is 0 Å². The van der Waals surface area contributed by atoms with Crippen molar-refractivity contribution in [3.8, 4) is 17.1 Å². The number of aromatic nitrogens is 3. The molecule has 6 nitrogen and oxygen atoms in total. The molecule has 0 aliphatic heterocycles. The third-order valence-electron chi connectivity index (χ3n) is 6.65. The molecule has 186 valence electrons. The highest BCUT2D eigenvalue weighted by Crippen LogP contribution is 2.34. The highest BCUT2D eigenvalue weighted by Gasteiger charge is 2.18. The maximum Gasteiger partial charge on any atom is 0.282 e. The predicted molar refractivity (Wildman–Crippen MR) is 152 cm³/mol. The molecule has 0 saturated heterocycles. The van der Waals surface area contributed by atoms with Crippen LogP contribution in [0.5, 0.6) is 5.75 Å². The van der Waals surface area contributed by atoms with Gasteiger partial charge < -0.3 is 9.30 Å². The van der Waals surface area contributed by atoms with Crippen molar-refractivity contribution >= 4 is 28.0 Å². The Labute approximate surface area is 216 Å². The van der Waals surface area contributed by atoms with Gasteiger partial charge in [0, 0.05) is 34.8 Å². The molecule has 6 heteroatoms. The molecule has 0 amide bonds. The Morgan fingerprint density at radius 2 is 1.81 bits per heavy atom. The summed E-state index contributed by atoms with van der Waals surface area (Å²) < 4.78 is 9.18. The van der Waals surface area contributed by atoms with Gasteiger partial charge in [-0.1, -0.05) is 50.3 Å². The van der Waals surface area contributed by atoms with Crippen LogP contribution in [0.3, 0.4) is 0 Å². The second-order valence-electron chi connectivity index (χ2n) is 9.42. The van der Waals surface area contributed by atoms with Crippen LogP contribution in [0.4, 0.5) is 0 Å². The minimum atomic E-state index is -0.215. The van der Waals surface area contributed by atoms with Crippen LogP contribution in [0.15, 0.2) is 89.4 Å². The molecule has 0 atom stereocenters. The molecule has 0 radical (unpaired) electrons. The highest BCUT2D eigenvalue weighted by molar-refractivity contribution is 5.99. The van der Waals surface area contributed by atoms with Crippen molar-refractivity contribution in [3.63, 3.8) is 0 Å². The third-order valence-corrected chi connectivity index (χ3v) is 6.65. The molecule has 2 aromatic heterocycles. The van der Waals surface area contributed by atoms with Gasteiger partial charge in [0.1, 0.15) is 5.75 Å². The Morgan fingerprint density at radius 1 is 1.08 bits per heavy atom. The first-order chi connectivity index (χ1) is 17.9. The lowest BCUT2D eigenvalue weighted by Gasteiger charge is -2.17. The van der Waals surface area contributed by atoms with Gasteiger partial charge in [0.15, 0.2) is 5.82 Å². The van der Waals surface area contributed by atoms with Crippen molar-refractivity contribution in [2.45, 2.75) is 33.2 Å². The second kappa shape index (κ2) is 9.90. The first-order valence-corrected chi connectivity index (χ1v) is 12.4. The average molecular weight is 491 g/mol. The molecule has 0 unspecified atom stereocenters. The summed E-state index contributed by atoms with van der Waals surface area (Å²) in [6, 6.07) is 19.6. The summed E-state index contributed by atoms with van der Waals surface area (Å²) in [5.41, 5.74) is 5.27. The van der Waals surface area contributed by atoms with Crippen molar-refractivity contribution in [1.82, 2.24) is 14.2 Å². The van der Waals surface area contributed by atoms with Crippen LogP contribution in [0.2, 0.25) is 0 Å². The fourth-order valence-corrected chi connectivity index (χ4v) is 4.76. The van der Waals surface area contributed by atoms with E-state index < -0.39 is 0 Å². The number of para-hydroxylation sites is 2. The number of hydrogen-bond acceptors (Lipinski definition) is 4. The maximum atomic E-state index is 13.7. The molecule has 5 rings (SSSR count). The van der Waals surface area contributed by atoms with Crippen molar-refractivity contribution in [1.29, 1.82) is 0 Å². The van der Waals surface area contributed by atoms with E-state index in [1.807, 2.05) is 55.6 Å². The fourth-order valence-electron chi connectivity index (χ4n) is 4.76. The Morgan fingerprint density at radius 3 is 2.54 bits per heavy atom. The van der Waals surface area contributed by atoms with Crippen molar-refractivity contribution in [2.75, 3.05) is 7.11 Å². The second-order valence-corrected chi connectivity index (χ2v) is 9.42. The Hall–Kier alpha value is -4.45. The molecule has 2 heterocycles. The molecule has 0 aliphatic rings. The Bertz CT molecular complexity index is 1720. The number of nitrogens with zero attached hydrogens (tertiary/aromatic N) is 4. The largest absolute Gasteiger partial charge is 0.496 e. The average Bonchev–Trinajstić information content (AvgIpc) is 3.25. The molecule has 0 N–H and O–H groups in total. The van der Waals surface area contributed by atoms with E-state index in [1.54, 1.807) is 19.4 Å². The van der Waals surface area contributed by atoms with E-state index in [0.717, 1.165) is 38.9 Å². The van der Waals surface area contributed by atoms with Crippen LogP contribution < -0.4 is 10.3 Å². The van der Waals surface area contributed by atoms with Crippen LogP contribution in [0, 0.1) is 6.92 Å². The molecule has 0 bridgehead atoms. The molecule has 0 aliphatic carbocycles. The molecule has 0 spiro atoms. The standard InChI is InChI=1S/C31H30N4O2/c1-6-15-34-19-22(23-11-8-10-14-28(23)34)18-32-35-30(33-27-13-9-7-12-24(27)31(35)36)26-17-25(20(2)3)29(37-5)16-21(26)4/h6-14,16-20H,1,15H2,2-5H3. The number of hydrogen-bond donors (Lipinski definition) is 0. The zero-order chi connectivity index (χ0) is 26.1. The number of fused-ring (bicyclic) bond motifs is 2. The molecule has 0 fully saturated rings. The lowest BCUT2D eigenvalue weighted by atomic mass is 9.96. The van der Waals surface area contributed by atoms with Gasteiger partial charge in [0.05, 0.1) is 24.2 Å². The zero-order valence-corrected chi connectivity index (χ0v) is 21.6. The minimum Gasteiger partial charge on any atom is -0.496 e. The number of ether oxygens (including phenoxy) is 1. The predicted octanol–water partition coefficient (Wildman–Crippen LogP) is 6.53. The summed E-state index contributed by atoms with van der Waals surface area (Å²) in [5.74, 6) is 1.55. The SMILES string of the molecule is C=CCn1cc(C=Nn2c(-c3cc(C(C)C)c(OC)cc3C)nc3ccccc3c2=O)c2ccccc21.